The minimum Gasteiger partial charge on any atom is -0.315 e. The molecule has 1 N–H and O–H groups in total. The summed E-state index contributed by atoms with van der Waals surface area (Å²) in [4.78, 5) is 14.8. The van der Waals surface area contributed by atoms with E-state index in [2.05, 4.69) is 31.3 Å². The van der Waals surface area contributed by atoms with Crippen LogP contribution in [0.15, 0.2) is 24.3 Å². The molecule has 1 aromatic carbocycles. The van der Waals surface area contributed by atoms with E-state index in [0.717, 1.165) is 31.7 Å². The standard InChI is InChI=1S/C15H20N2O/c1-11(2)9-17-13-6-4-3-5-12(13)15(14(17)18)7-8-16-10-15/h3-6,11,16H,7-10H2,1-2H3/t15-/m1/s1. The Labute approximate surface area is 108 Å². The van der Waals surface area contributed by atoms with Gasteiger partial charge in [0, 0.05) is 18.8 Å². The summed E-state index contributed by atoms with van der Waals surface area (Å²) in [6.07, 6.45) is 0.928. The number of hydrogen-bond acceptors (Lipinski definition) is 2. The minimum atomic E-state index is -0.286. The number of fused-ring (bicyclic) bond motifs is 2. The molecular weight excluding hydrogens is 224 g/mol. The average molecular weight is 244 g/mol. The monoisotopic (exact) mass is 244 g/mol. The van der Waals surface area contributed by atoms with Gasteiger partial charge in [-0.1, -0.05) is 32.0 Å². The summed E-state index contributed by atoms with van der Waals surface area (Å²) in [5.74, 6) is 0.786. The van der Waals surface area contributed by atoms with Gasteiger partial charge in [-0.15, -0.1) is 0 Å². The zero-order chi connectivity index (χ0) is 12.8. The lowest BCUT2D eigenvalue weighted by Crippen LogP contribution is -2.43. The maximum Gasteiger partial charge on any atom is 0.239 e. The fourth-order valence-corrected chi connectivity index (χ4v) is 3.25. The molecule has 18 heavy (non-hydrogen) atoms. The van der Waals surface area contributed by atoms with E-state index in [0.29, 0.717) is 11.8 Å². The van der Waals surface area contributed by atoms with Crippen LogP contribution in [0.25, 0.3) is 0 Å². The van der Waals surface area contributed by atoms with Crippen molar-refractivity contribution in [2.45, 2.75) is 25.7 Å². The predicted octanol–water partition coefficient (Wildman–Crippen LogP) is 1.92. The molecule has 1 spiro atoms. The molecular formula is C15H20N2O. The third-order valence-electron chi connectivity index (χ3n) is 4.07. The highest BCUT2D eigenvalue weighted by Gasteiger charge is 2.51. The first-order valence-corrected chi connectivity index (χ1v) is 6.77. The van der Waals surface area contributed by atoms with Gasteiger partial charge in [0.15, 0.2) is 0 Å². The molecule has 1 saturated heterocycles. The molecule has 0 radical (unpaired) electrons. The highest BCUT2D eigenvalue weighted by molar-refractivity contribution is 6.08. The van der Waals surface area contributed by atoms with Gasteiger partial charge in [-0.3, -0.25) is 4.79 Å². The van der Waals surface area contributed by atoms with Crippen LogP contribution in [0.3, 0.4) is 0 Å². The fourth-order valence-electron chi connectivity index (χ4n) is 3.25. The van der Waals surface area contributed by atoms with Crippen LogP contribution >= 0.6 is 0 Å². The SMILES string of the molecule is CC(C)CN1C(=O)[C@@]2(CCNC2)c2ccccc21. The van der Waals surface area contributed by atoms with Gasteiger partial charge in [-0.25, -0.2) is 0 Å². The summed E-state index contributed by atoms with van der Waals surface area (Å²) in [5, 5.41) is 3.35. The van der Waals surface area contributed by atoms with Gasteiger partial charge in [-0.05, 0) is 30.5 Å². The Kier molecular flexibility index (Phi) is 2.67. The van der Waals surface area contributed by atoms with Crippen LogP contribution < -0.4 is 10.2 Å². The number of para-hydroxylation sites is 1. The molecule has 1 amide bonds. The molecule has 0 saturated carbocycles. The van der Waals surface area contributed by atoms with Crippen molar-refractivity contribution in [2.24, 2.45) is 5.92 Å². The van der Waals surface area contributed by atoms with Crippen LogP contribution in [-0.2, 0) is 10.2 Å². The van der Waals surface area contributed by atoms with E-state index in [4.69, 9.17) is 0 Å². The van der Waals surface area contributed by atoms with E-state index in [1.807, 2.05) is 17.0 Å². The number of nitrogens with zero attached hydrogens (tertiary/aromatic N) is 1. The van der Waals surface area contributed by atoms with Crippen LogP contribution in [0.4, 0.5) is 5.69 Å². The van der Waals surface area contributed by atoms with Crippen LogP contribution in [0, 0.1) is 5.92 Å². The molecule has 1 atom stereocenters. The molecule has 0 bridgehead atoms. The van der Waals surface area contributed by atoms with Gasteiger partial charge >= 0.3 is 0 Å². The van der Waals surface area contributed by atoms with E-state index in [1.54, 1.807) is 0 Å². The number of anilines is 1. The average Bonchev–Trinajstić information content (AvgIpc) is 2.92. The number of carbonyl (C=O) groups excluding carboxylic acids is 1. The maximum absolute atomic E-state index is 12.8. The summed E-state index contributed by atoms with van der Waals surface area (Å²) in [7, 11) is 0. The first-order chi connectivity index (χ1) is 8.65. The lowest BCUT2D eigenvalue weighted by Gasteiger charge is -2.24. The Hall–Kier alpha value is -1.35. The molecule has 3 nitrogen and oxygen atoms in total. The van der Waals surface area contributed by atoms with Crippen LogP contribution in [0.2, 0.25) is 0 Å². The number of hydrogen-bond donors (Lipinski definition) is 1. The van der Waals surface area contributed by atoms with Gasteiger partial charge in [-0.2, -0.15) is 0 Å². The molecule has 2 heterocycles. The molecule has 0 aliphatic carbocycles. The van der Waals surface area contributed by atoms with Crippen molar-refractivity contribution in [1.29, 1.82) is 0 Å². The molecule has 3 heteroatoms. The lowest BCUT2D eigenvalue weighted by molar-refractivity contribution is -0.122. The Morgan fingerprint density at radius 1 is 1.39 bits per heavy atom. The van der Waals surface area contributed by atoms with Crippen LogP contribution in [0.1, 0.15) is 25.8 Å². The molecule has 0 aromatic heterocycles. The summed E-state index contributed by atoms with van der Waals surface area (Å²) < 4.78 is 0. The Balaban J connectivity index is 2.08. The van der Waals surface area contributed by atoms with Gasteiger partial charge in [0.05, 0.1) is 5.41 Å². The Morgan fingerprint density at radius 2 is 2.17 bits per heavy atom. The second-order valence-electron chi connectivity index (χ2n) is 5.84. The third kappa shape index (κ3) is 1.50. The number of rotatable bonds is 2. The highest BCUT2D eigenvalue weighted by atomic mass is 16.2. The molecule has 2 aliphatic rings. The third-order valence-corrected chi connectivity index (χ3v) is 4.07. The quantitative estimate of drug-likeness (QED) is 0.862. The van der Waals surface area contributed by atoms with Crippen molar-refractivity contribution < 1.29 is 4.79 Å². The van der Waals surface area contributed by atoms with Gasteiger partial charge < -0.3 is 10.2 Å². The second kappa shape index (κ2) is 4.09. The lowest BCUT2D eigenvalue weighted by atomic mass is 9.81. The van der Waals surface area contributed by atoms with Gasteiger partial charge in [0.2, 0.25) is 5.91 Å². The van der Waals surface area contributed by atoms with Crippen molar-refractivity contribution in [3.8, 4) is 0 Å². The minimum absolute atomic E-state index is 0.286. The molecule has 0 unspecified atom stereocenters. The summed E-state index contributed by atoms with van der Waals surface area (Å²) in [6.45, 7) is 6.87. The fraction of sp³-hybridized carbons (Fsp3) is 0.533. The van der Waals surface area contributed by atoms with E-state index in [1.165, 1.54) is 5.56 Å². The smallest absolute Gasteiger partial charge is 0.239 e. The number of carbonyl (C=O) groups is 1. The molecule has 1 aromatic rings. The first-order valence-electron chi connectivity index (χ1n) is 6.77. The number of nitrogens with one attached hydrogen (secondary N) is 1. The largest absolute Gasteiger partial charge is 0.315 e. The van der Waals surface area contributed by atoms with E-state index in [-0.39, 0.29) is 5.41 Å². The van der Waals surface area contributed by atoms with Crippen LogP contribution in [0.5, 0.6) is 0 Å². The summed E-state index contributed by atoms with van der Waals surface area (Å²) >= 11 is 0. The molecule has 96 valence electrons. The highest BCUT2D eigenvalue weighted by Crippen LogP contribution is 2.45. The van der Waals surface area contributed by atoms with Crippen molar-refractivity contribution in [1.82, 2.24) is 5.32 Å². The normalized spacial score (nSPS) is 26.4. The number of benzene rings is 1. The Morgan fingerprint density at radius 3 is 2.83 bits per heavy atom. The van der Waals surface area contributed by atoms with E-state index < -0.39 is 0 Å². The number of amides is 1. The zero-order valence-corrected chi connectivity index (χ0v) is 11.1. The zero-order valence-electron chi connectivity index (χ0n) is 11.1. The van der Waals surface area contributed by atoms with Gasteiger partial charge in [0.25, 0.3) is 0 Å². The topological polar surface area (TPSA) is 32.3 Å². The maximum atomic E-state index is 12.8. The van der Waals surface area contributed by atoms with E-state index in [9.17, 15) is 4.79 Å². The predicted molar refractivity (Wildman–Crippen MR) is 72.8 cm³/mol. The van der Waals surface area contributed by atoms with Crippen molar-refractivity contribution >= 4 is 11.6 Å². The molecule has 3 rings (SSSR count). The van der Waals surface area contributed by atoms with Crippen molar-refractivity contribution in [3.05, 3.63) is 29.8 Å². The Bertz CT molecular complexity index is 475. The first kappa shape index (κ1) is 11.7. The molecule has 1 fully saturated rings. The summed E-state index contributed by atoms with van der Waals surface area (Å²) in [6, 6.07) is 8.29. The van der Waals surface area contributed by atoms with Crippen molar-refractivity contribution in [2.75, 3.05) is 24.5 Å². The van der Waals surface area contributed by atoms with Crippen LogP contribution in [-0.4, -0.2) is 25.5 Å². The summed E-state index contributed by atoms with van der Waals surface area (Å²) in [5.41, 5.74) is 2.06. The van der Waals surface area contributed by atoms with Gasteiger partial charge in [0.1, 0.15) is 0 Å². The van der Waals surface area contributed by atoms with Crippen molar-refractivity contribution in [3.63, 3.8) is 0 Å². The molecule has 2 aliphatic heterocycles. The second-order valence-corrected chi connectivity index (χ2v) is 5.84. The van der Waals surface area contributed by atoms with E-state index >= 15 is 0 Å².